The Kier molecular flexibility index (Phi) is 21.8. The van der Waals surface area contributed by atoms with Crippen molar-refractivity contribution in [3.8, 4) is 11.1 Å². The van der Waals surface area contributed by atoms with Gasteiger partial charge < -0.3 is 41.6 Å². The Hall–Kier alpha value is -8.95. The number of nitrogens with two attached hydrogens (primary N) is 2. The van der Waals surface area contributed by atoms with Crippen molar-refractivity contribution in [2.24, 2.45) is 23.5 Å². The summed E-state index contributed by atoms with van der Waals surface area (Å²) in [5, 5.41) is 12.7. The van der Waals surface area contributed by atoms with E-state index in [2.05, 4.69) is 26.6 Å². The first-order valence-corrected chi connectivity index (χ1v) is 29.0. The van der Waals surface area contributed by atoms with Crippen molar-refractivity contribution < 1.29 is 57.1 Å². The molecule has 2 aliphatic rings. The van der Waals surface area contributed by atoms with E-state index in [-0.39, 0.29) is 125 Å². The quantitative estimate of drug-likeness (QED) is 0.00765. The number of carbonyl (C=O) groups excluding carboxylic acids is 8. The van der Waals surface area contributed by atoms with Crippen LogP contribution >= 0.6 is 0 Å². The summed E-state index contributed by atoms with van der Waals surface area (Å²) in [5.41, 5.74) is 20.2. The number of rotatable bonds is 30. The lowest BCUT2D eigenvalue weighted by molar-refractivity contribution is -0.668. The van der Waals surface area contributed by atoms with E-state index < -0.39 is 30.0 Å². The second-order valence-electron chi connectivity index (χ2n) is 21.8. The number of urea groups is 1. The first kappa shape index (κ1) is 63.1. The molecule has 0 bridgehead atoms. The summed E-state index contributed by atoms with van der Waals surface area (Å²) in [5.74, 6) is -4.66. The SMILES string of the molecule is Cc1ccc(C(=O)C2C(=O)N(c3ccccc3)N(C)C2c2ccccc2)c(N)c1-c1ccc2c(ccc(C)[n+]2Cc2ccc(NC(=O)[C@H](CCCNC(N)=O)CC(=O)[C@@H](NC(=O)CCOCCOCCOCCN3C(=O)C=CC3=O)C(C)C)cc2)c1. The molecule has 86 heavy (non-hydrogen) atoms. The summed E-state index contributed by atoms with van der Waals surface area (Å²) in [6.45, 7) is 9.74. The van der Waals surface area contributed by atoms with E-state index in [9.17, 15) is 38.4 Å². The number of aromatic nitrogens is 1. The maximum Gasteiger partial charge on any atom is 0.312 e. The number of aryl methyl sites for hydroxylation is 2. The third kappa shape index (κ3) is 15.7. The average molecular weight is 1170 g/mol. The highest BCUT2D eigenvalue weighted by molar-refractivity contribution is 6.19. The Morgan fingerprint density at radius 1 is 0.744 bits per heavy atom. The zero-order valence-electron chi connectivity index (χ0n) is 49.3. The second-order valence-corrected chi connectivity index (χ2v) is 21.8. The van der Waals surface area contributed by atoms with Crippen LogP contribution in [-0.4, -0.2) is 123 Å². The van der Waals surface area contributed by atoms with Crippen LogP contribution < -0.4 is 37.0 Å². The van der Waals surface area contributed by atoms with E-state index >= 15 is 0 Å². The van der Waals surface area contributed by atoms with E-state index in [1.54, 1.807) is 11.1 Å². The molecular formula is C66H76N9O11+. The molecule has 20 heteroatoms. The number of amides is 7. The number of hydrazine groups is 1. The predicted molar refractivity (Wildman–Crippen MR) is 326 cm³/mol. The molecular weight excluding hydrogens is 1090 g/mol. The maximum absolute atomic E-state index is 14.9. The monoisotopic (exact) mass is 1170 g/mol. The minimum Gasteiger partial charge on any atom is -0.398 e. The molecule has 0 aliphatic carbocycles. The Morgan fingerprint density at radius 2 is 1.40 bits per heavy atom. The summed E-state index contributed by atoms with van der Waals surface area (Å²) in [6.07, 6.45) is 2.89. The zero-order chi connectivity index (χ0) is 61.4. The number of ketones is 2. The number of carbonyl (C=O) groups is 8. The molecule has 1 fully saturated rings. The van der Waals surface area contributed by atoms with Crippen molar-refractivity contribution in [2.45, 2.75) is 72.0 Å². The third-order valence-electron chi connectivity index (χ3n) is 15.5. The normalized spacial score (nSPS) is 15.8. The summed E-state index contributed by atoms with van der Waals surface area (Å²) < 4.78 is 18.7. The number of anilines is 3. The summed E-state index contributed by atoms with van der Waals surface area (Å²) in [4.78, 5) is 106. The van der Waals surface area contributed by atoms with Crippen LogP contribution in [0.25, 0.3) is 22.0 Å². The Balaban J connectivity index is 0.879. The minimum absolute atomic E-state index is 0.00793. The molecule has 4 atom stereocenters. The van der Waals surface area contributed by atoms with Crippen molar-refractivity contribution in [1.29, 1.82) is 0 Å². The molecule has 2 aliphatic heterocycles. The molecule has 450 valence electrons. The van der Waals surface area contributed by atoms with Gasteiger partial charge in [0.15, 0.2) is 23.8 Å². The third-order valence-corrected chi connectivity index (χ3v) is 15.5. The van der Waals surface area contributed by atoms with Crippen molar-refractivity contribution in [2.75, 3.05) is 75.8 Å². The van der Waals surface area contributed by atoms with Crippen molar-refractivity contribution in [3.05, 3.63) is 167 Å². The van der Waals surface area contributed by atoms with Gasteiger partial charge in [0.05, 0.1) is 69.6 Å². The summed E-state index contributed by atoms with van der Waals surface area (Å²) >= 11 is 0. The molecule has 7 amide bonds. The van der Waals surface area contributed by atoms with Crippen LogP contribution in [0.5, 0.6) is 0 Å². The van der Waals surface area contributed by atoms with Gasteiger partial charge in [-0.1, -0.05) is 80.6 Å². The number of Topliss-reactive ketones (excluding diaryl/α,β-unsaturated/α-hetero) is 2. The number of ether oxygens (including phenoxy) is 3. The van der Waals surface area contributed by atoms with Crippen LogP contribution in [-0.2, 0) is 49.5 Å². The highest BCUT2D eigenvalue weighted by Gasteiger charge is 2.50. The van der Waals surface area contributed by atoms with E-state index in [0.29, 0.717) is 35.6 Å². The number of imide groups is 1. The highest BCUT2D eigenvalue weighted by atomic mass is 16.5. The number of hydrogen-bond acceptors (Lipinski definition) is 13. The summed E-state index contributed by atoms with van der Waals surface area (Å²) in [7, 11) is 1.83. The van der Waals surface area contributed by atoms with Gasteiger partial charge in [-0.25, -0.2) is 14.8 Å². The summed E-state index contributed by atoms with van der Waals surface area (Å²) in [6, 6.07) is 38.0. The van der Waals surface area contributed by atoms with Gasteiger partial charge in [0.2, 0.25) is 17.3 Å². The number of nitrogens with zero attached hydrogens (tertiary/aromatic N) is 4. The molecule has 5 aromatic carbocycles. The number of fused-ring (bicyclic) bond motifs is 1. The van der Waals surface area contributed by atoms with Crippen molar-refractivity contribution in [1.82, 2.24) is 20.5 Å². The van der Waals surface area contributed by atoms with Crippen molar-refractivity contribution >= 4 is 75.1 Å². The van der Waals surface area contributed by atoms with Crippen LogP contribution in [0.1, 0.15) is 78.3 Å². The van der Waals surface area contributed by atoms with Gasteiger partial charge in [0.25, 0.3) is 17.7 Å². The van der Waals surface area contributed by atoms with Crippen LogP contribution in [0.3, 0.4) is 0 Å². The van der Waals surface area contributed by atoms with Crippen LogP contribution in [0.15, 0.2) is 140 Å². The molecule has 1 saturated heterocycles. The van der Waals surface area contributed by atoms with Gasteiger partial charge in [-0.2, -0.15) is 4.57 Å². The van der Waals surface area contributed by atoms with Gasteiger partial charge in [-0.05, 0) is 90.9 Å². The standard InChI is InChI=1S/C66H75N9O11/c1-42(2)61(71-55(77)30-33-84-35-37-86-38-36-85-34-32-73-56(78)28-29-57(73)79)54(76)40-49(15-12-31-69-66(68)83)64(81)70-50-24-20-45(21-25-50)41-74-44(4)19-22-47-39-48(23-27-53(47)74)58-43(3)18-26-52(60(58)67)63(80)59-62(46-13-8-6-9-14-46)72(5)75(65(59)82)51-16-10-7-11-17-51/h6-11,13-14,16-29,39,42,49,59,61-62H,12,15,30-38,40-41H2,1-5H3,(H6-,67,68,69,70,71,77,80,81,83)/p+1/t49-,59?,61+,62?/m1/s1. The Labute approximate surface area is 500 Å². The van der Waals surface area contributed by atoms with Gasteiger partial charge in [-0.15, -0.1) is 0 Å². The van der Waals surface area contributed by atoms with Gasteiger partial charge >= 0.3 is 6.03 Å². The molecule has 6 aromatic rings. The van der Waals surface area contributed by atoms with E-state index in [1.807, 2.05) is 155 Å². The van der Waals surface area contributed by atoms with Gasteiger partial charge in [0.1, 0.15) is 5.92 Å². The minimum atomic E-state index is -1.06. The fourth-order valence-electron chi connectivity index (χ4n) is 11.0. The lowest BCUT2D eigenvalue weighted by atomic mass is 9.84. The van der Waals surface area contributed by atoms with Crippen molar-refractivity contribution in [3.63, 3.8) is 0 Å². The number of nitrogen functional groups attached to an aromatic ring is 1. The molecule has 20 nitrogen and oxygen atoms in total. The molecule has 0 radical (unpaired) electrons. The molecule has 7 N–H and O–H groups in total. The molecule has 8 rings (SSSR count). The van der Waals surface area contributed by atoms with E-state index in [4.69, 9.17) is 25.7 Å². The number of para-hydroxylation sites is 1. The van der Waals surface area contributed by atoms with Gasteiger partial charge in [0, 0.05) is 91.3 Å². The maximum atomic E-state index is 14.9. The second kappa shape index (κ2) is 29.7. The zero-order valence-corrected chi connectivity index (χ0v) is 49.3. The van der Waals surface area contributed by atoms with Crippen LogP contribution in [0.2, 0.25) is 0 Å². The molecule has 0 saturated carbocycles. The smallest absolute Gasteiger partial charge is 0.312 e. The predicted octanol–water partition coefficient (Wildman–Crippen LogP) is 6.94. The number of primary amides is 1. The Morgan fingerprint density at radius 3 is 2.06 bits per heavy atom. The van der Waals surface area contributed by atoms with Gasteiger partial charge in [-0.3, -0.25) is 38.5 Å². The largest absolute Gasteiger partial charge is 0.398 e. The molecule has 0 spiro atoms. The number of hydrogen-bond donors (Lipinski definition) is 5. The molecule has 3 heterocycles. The van der Waals surface area contributed by atoms with E-state index in [0.717, 1.165) is 43.8 Å². The topological polar surface area (TPSA) is 266 Å². The van der Waals surface area contributed by atoms with E-state index in [1.165, 1.54) is 12.2 Å². The fraction of sp³-hybridized carbons (Fsp3) is 0.348. The van der Waals surface area contributed by atoms with Crippen LogP contribution in [0, 0.1) is 31.6 Å². The Bertz CT molecular complexity index is 3450. The first-order valence-electron chi connectivity index (χ1n) is 29.0. The number of benzene rings is 5. The fourth-order valence-corrected chi connectivity index (χ4v) is 11.0. The lowest BCUT2D eigenvalue weighted by Gasteiger charge is -2.28. The first-order chi connectivity index (χ1) is 41.4. The molecule has 1 aromatic heterocycles. The number of nitrogens with one attached hydrogen (secondary N) is 3. The highest BCUT2D eigenvalue weighted by Crippen LogP contribution is 2.43. The molecule has 2 unspecified atom stereocenters. The number of pyridine rings is 1. The lowest BCUT2D eigenvalue weighted by Crippen LogP contribution is -2.45. The average Bonchev–Trinajstić information content (AvgIpc) is 1.72. The van der Waals surface area contributed by atoms with Crippen LogP contribution in [0.4, 0.5) is 21.9 Å².